The molecule has 2 heterocycles. The average Bonchev–Trinajstić information content (AvgIpc) is 3.41. The molecular weight excluding hydrogens is 360 g/mol. The number of oxazole rings is 1. The van der Waals surface area contributed by atoms with Crippen molar-refractivity contribution in [2.45, 2.75) is 32.7 Å². The standard InChI is InChI=1S/C20H22N4O4/c1-12(23-13(2)25)10-26-16-8-21-19(22-9-16)20-24-17-6-5-15(7-18(17)28-20)27-11-14-3-4-14/h5-9,12,14H,3-4,10-11H2,1-2H3,(H,23,25)/t12-/m0/s1. The summed E-state index contributed by atoms with van der Waals surface area (Å²) in [7, 11) is 0. The Morgan fingerprint density at radius 1 is 1.25 bits per heavy atom. The highest BCUT2D eigenvalue weighted by molar-refractivity contribution is 5.76. The molecule has 4 rings (SSSR count). The summed E-state index contributed by atoms with van der Waals surface area (Å²) in [6.07, 6.45) is 5.61. The number of aromatic nitrogens is 3. The maximum Gasteiger partial charge on any atom is 0.266 e. The number of benzene rings is 1. The molecule has 1 amide bonds. The van der Waals surface area contributed by atoms with Crippen molar-refractivity contribution >= 4 is 17.0 Å². The van der Waals surface area contributed by atoms with Crippen LogP contribution < -0.4 is 14.8 Å². The Hall–Kier alpha value is -3.16. The van der Waals surface area contributed by atoms with Gasteiger partial charge in [-0.1, -0.05) is 0 Å². The first-order chi connectivity index (χ1) is 13.6. The lowest BCUT2D eigenvalue weighted by atomic mass is 10.3. The zero-order chi connectivity index (χ0) is 19.5. The van der Waals surface area contributed by atoms with Gasteiger partial charge in [-0.3, -0.25) is 4.79 Å². The van der Waals surface area contributed by atoms with Crippen molar-refractivity contribution in [2.75, 3.05) is 13.2 Å². The molecule has 2 aromatic heterocycles. The number of carbonyl (C=O) groups excluding carboxylic acids is 1. The Morgan fingerprint density at radius 3 is 2.75 bits per heavy atom. The minimum absolute atomic E-state index is 0.0974. The summed E-state index contributed by atoms with van der Waals surface area (Å²) in [6, 6.07) is 5.50. The molecule has 1 saturated carbocycles. The third kappa shape index (κ3) is 4.57. The van der Waals surface area contributed by atoms with Gasteiger partial charge in [-0.2, -0.15) is 0 Å². The zero-order valence-corrected chi connectivity index (χ0v) is 15.8. The molecule has 1 aromatic carbocycles. The van der Waals surface area contributed by atoms with Crippen LogP contribution >= 0.6 is 0 Å². The van der Waals surface area contributed by atoms with E-state index in [1.54, 1.807) is 12.4 Å². The number of hydrogen-bond donors (Lipinski definition) is 1. The fraction of sp³-hybridized carbons (Fsp3) is 0.400. The van der Waals surface area contributed by atoms with Crippen LogP contribution in [0.4, 0.5) is 0 Å². The van der Waals surface area contributed by atoms with Crippen molar-refractivity contribution in [1.29, 1.82) is 0 Å². The lowest BCUT2D eigenvalue weighted by Crippen LogP contribution is -2.35. The maximum atomic E-state index is 11.0. The molecule has 0 saturated heterocycles. The second-order valence-electron chi connectivity index (χ2n) is 7.06. The van der Waals surface area contributed by atoms with Crippen molar-refractivity contribution in [1.82, 2.24) is 20.3 Å². The number of fused-ring (bicyclic) bond motifs is 1. The molecule has 1 fully saturated rings. The van der Waals surface area contributed by atoms with E-state index >= 15 is 0 Å². The van der Waals surface area contributed by atoms with Crippen LogP contribution in [0.5, 0.6) is 11.5 Å². The lowest BCUT2D eigenvalue weighted by molar-refractivity contribution is -0.119. The minimum atomic E-state index is -0.106. The molecule has 0 radical (unpaired) electrons. The number of nitrogens with one attached hydrogen (secondary N) is 1. The van der Waals surface area contributed by atoms with E-state index in [1.165, 1.54) is 19.8 Å². The fourth-order valence-corrected chi connectivity index (χ4v) is 2.70. The largest absolute Gasteiger partial charge is 0.493 e. The second-order valence-corrected chi connectivity index (χ2v) is 7.06. The molecule has 0 bridgehead atoms. The minimum Gasteiger partial charge on any atom is -0.493 e. The highest BCUT2D eigenvalue weighted by Gasteiger charge is 2.22. The summed E-state index contributed by atoms with van der Waals surface area (Å²) in [4.78, 5) is 24.0. The van der Waals surface area contributed by atoms with E-state index in [2.05, 4.69) is 20.3 Å². The maximum absolute atomic E-state index is 11.0. The van der Waals surface area contributed by atoms with Gasteiger partial charge in [-0.05, 0) is 37.8 Å². The Balaban J connectivity index is 1.41. The molecule has 1 aliphatic carbocycles. The molecule has 8 nitrogen and oxygen atoms in total. The first-order valence-electron chi connectivity index (χ1n) is 9.32. The lowest BCUT2D eigenvalue weighted by Gasteiger charge is -2.13. The van der Waals surface area contributed by atoms with Crippen molar-refractivity contribution in [3.05, 3.63) is 30.6 Å². The van der Waals surface area contributed by atoms with E-state index in [0.29, 0.717) is 35.6 Å². The molecule has 1 N–H and O–H groups in total. The van der Waals surface area contributed by atoms with Gasteiger partial charge in [0.1, 0.15) is 17.9 Å². The van der Waals surface area contributed by atoms with Crippen LogP contribution in [0.3, 0.4) is 0 Å². The van der Waals surface area contributed by atoms with Gasteiger partial charge in [0.25, 0.3) is 5.89 Å². The van der Waals surface area contributed by atoms with Gasteiger partial charge in [0.15, 0.2) is 11.3 Å². The van der Waals surface area contributed by atoms with Crippen molar-refractivity contribution in [2.24, 2.45) is 5.92 Å². The SMILES string of the molecule is CC(=O)N[C@@H](C)COc1cnc(-c2nc3ccc(OCC4CC4)cc3o2)nc1. The molecule has 1 aliphatic rings. The number of carbonyl (C=O) groups is 1. The normalized spacial score (nSPS) is 14.6. The third-order valence-electron chi connectivity index (χ3n) is 4.31. The predicted octanol–water partition coefficient (Wildman–Crippen LogP) is 2.98. The van der Waals surface area contributed by atoms with Gasteiger partial charge in [-0.15, -0.1) is 0 Å². The second kappa shape index (κ2) is 7.84. The smallest absolute Gasteiger partial charge is 0.266 e. The first kappa shape index (κ1) is 18.2. The molecule has 146 valence electrons. The van der Waals surface area contributed by atoms with Crippen molar-refractivity contribution in [3.8, 4) is 23.2 Å². The monoisotopic (exact) mass is 382 g/mol. The fourth-order valence-electron chi connectivity index (χ4n) is 2.70. The van der Waals surface area contributed by atoms with Gasteiger partial charge >= 0.3 is 0 Å². The molecule has 1 atom stereocenters. The quantitative estimate of drug-likeness (QED) is 0.639. The van der Waals surface area contributed by atoms with Crippen LogP contribution in [0, 0.1) is 5.92 Å². The van der Waals surface area contributed by atoms with E-state index < -0.39 is 0 Å². The topological polar surface area (TPSA) is 99.4 Å². The summed E-state index contributed by atoms with van der Waals surface area (Å²) < 4.78 is 17.1. The summed E-state index contributed by atoms with van der Waals surface area (Å²) >= 11 is 0. The summed E-state index contributed by atoms with van der Waals surface area (Å²) in [6.45, 7) is 4.40. The van der Waals surface area contributed by atoms with Gasteiger partial charge in [-0.25, -0.2) is 15.0 Å². The van der Waals surface area contributed by atoms with Crippen LogP contribution in [-0.2, 0) is 4.79 Å². The van der Waals surface area contributed by atoms with Crippen LogP contribution in [0.1, 0.15) is 26.7 Å². The Labute approximate surface area is 162 Å². The van der Waals surface area contributed by atoms with Crippen LogP contribution in [0.25, 0.3) is 22.8 Å². The van der Waals surface area contributed by atoms with E-state index in [-0.39, 0.29) is 11.9 Å². The van der Waals surface area contributed by atoms with Gasteiger partial charge < -0.3 is 19.2 Å². The number of ether oxygens (including phenoxy) is 2. The predicted molar refractivity (Wildman–Crippen MR) is 102 cm³/mol. The number of nitrogens with zero attached hydrogens (tertiary/aromatic N) is 3. The van der Waals surface area contributed by atoms with E-state index in [9.17, 15) is 4.79 Å². The van der Waals surface area contributed by atoms with Crippen LogP contribution in [-0.4, -0.2) is 40.1 Å². The Kier molecular flexibility index (Phi) is 5.10. The number of rotatable bonds is 8. The van der Waals surface area contributed by atoms with E-state index in [0.717, 1.165) is 17.9 Å². The summed E-state index contributed by atoms with van der Waals surface area (Å²) in [5.41, 5.74) is 1.36. The van der Waals surface area contributed by atoms with Crippen molar-refractivity contribution < 1.29 is 18.7 Å². The molecule has 28 heavy (non-hydrogen) atoms. The number of hydrogen-bond acceptors (Lipinski definition) is 7. The van der Waals surface area contributed by atoms with Crippen LogP contribution in [0.2, 0.25) is 0 Å². The van der Waals surface area contributed by atoms with Crippen molar-refractivity contribution in [3.63, 3.8) is 0 Å². The third-order valence-corrected chi connectivity index (χ3v) is 4.31. The Morgan fingerprint density at radius 2 is 2.04 bits per heavy atom. The first-order valence-corrected chi connectivity index (χ1v) is 9.32. The Bertz CT molecular complexity index is 966. The van der Waals surface area contributed by atoms with Crippen LogP contribution in [0.15, 0.2) is 35.0 Å². The van der Waals surface area contributed by atoms with Gasteiger partial charge in [0.05, 0.1) is 25.0 Å². The average molecular weight is 382 g/mol. The van der Waals surface area contributed by atoms with Gasteiger partial charge in [0, 0.05) is 13.0 Å². The highest BCUT2D eigenvalue weighted by atomic mass is 16.5. The molecule has 0 unspecified atom stereocenters. The number of amides is 1. The molecular formula is C20H22N4O4. The molecule has 0 spiro atoms. The summed E-state index contributed by atoms with van der Waals surface area (Å²) in [5.74, 6) is 2.59. The zero-order valence-electron chi connectivity index (χ0n) is 15.8. The van der Waals surface area contributed by atoms with E-state index in [1.807, 2.05) is 25.1 Å². The molecule has 3 aromatic rings. The van der Waals surface area contributed by atoms with E-state index in [4.69, 9.17) is 13.9 Å². The van der Waals surface area contributed by atoms with Gasteiger partial charge in [0.2, 0.25) is 11.7 Å². The summed E-state index contributed by atoms with van der Waals surface area (Å²) in [5, 5.41) is 2.75. The highest BCUT2D eigenvalue weighted by Crippen LogP contribution is 2.31. The molecule has 8 heteroatoms. The molecule has 0 aliphatic heterocycles.